The zero-order valence-corrected chi connectivity index (χ0v) is 16.9. The third-order valence-electron chi connectivity index (χ3n) is 4.38. The van der Waals surface area contributed by atoms with E-state index in [4.69, 9.17) is 0 Å². The van der Waals surface area contributed by atoms with Crippen LogP contribution in [0.2, 0.25) is 0 Å². The molecule has 0 radical (unpaired) electrons. The van der Waals surface area contributed by atoms with Crippen molar-refractivity contribution in [3.05, 3.63) is 81.7 Å². The molecule has 2 aromatic carbocycles. The Morgan fingerprint density at radius 1 is 1.17 bits per heavy atom. The summed E-state index contributed by atoms with van der Waals surface area (Å²) in [5.41, 5.74) is 1.29. The summed E-state index contributed by atoms with van der Waals surface area (Å²) in [6.45, 7) is 4.44. The van der Waals surface area contributed by atoms with Crippen LogP contribution in [0.4, 0.5) is 5.69 Å². The number of amides is 1. The van der Waals surface area contributed by atoms with Crippen molar-refractivity contribution in [2.24, 2.45) is 0 Å². The summed E-state index contributed by atoms with van der Waals surface area (Å²) in [4.78, 5) is 23.2. The topological polar surface area (TPSA) is 103 Å². The molecule has 0 unspecified atom stereocenters. The first kappa shape index (κ1) is 20.5. The highest BCUT2D eigenvalue weighted by Crippen LogP contribution is 2.28. The van der Waals surface area contributed by atoms with Crippen molar-refractivity contribution in [1.29, 1.82) is 0 Å². The molecule has 8 nitrogen and oxygen atoms in total. The molecule has 1 heterocycles. The van der Waals surface area contributed by atoms with Gasteiger partial charge in [-0.3, -0.25) is 14.9 Å². The lowest BCUT2D eigenvalue weighted by Crippen LogP contribution is -2.28. The molecule has 0 fully saturated rings. The molecule has 29 heavy (non-hydrogen) atoms. The molecule has 150 valence electrons. The monoisotopic (exact) mass is 411 g/mol. The Labute approximate surface area is 172 Å². The minimum absolute atomic E-state index is 0.0891. The van der Waals surface area contributed by atoms with Gasteiger partial charge in [0.1, 0.15) is 0 Å². The van der Waals surface area contributed by atoms with Crippen molar-refractivity contribution in [3.8, 4) is 0 Å². The number of para-hydroxylation sites is 1. The quantitative estimate of drug-likeness (QED) is 0.341. The Morgan fingerprint density at radius 3 is 2.55 bits per heavy atom. The van der Waals surface area contributed by atoms with Crippen LogP contribution in [-0.4, -0.2) is 25.6 Å². The normalized spacial score (nSPS) is 11.8. The maximum absolute atomic E-state index is 12.4. The van der Waals surface area contributed by atoms with Gasteiger partial charge in [0.25, 0.3) is 11.6 Å². The Bertz CT molecular complexity index is 1010. The van der Waals surface area contributed by atoms with Crippen LogP contribution >= 0.6 is 11.8 Å². The van der Waals surface area contributed by atoms with Crippen LogP contribution in [0.1, 0.15) is 41.6 Å². The number of rotatable bonds is 8. The maximum Gasteiger partial charge on any atom is 0.273 e. The lowest BCUT2D eigenvalue weighted by Gasteiger charge is -2.15. The molecule has 3 aromatic rings. The van der Waals surface area contributed by atoms with Crippen LogP contribution in [0.5, 0.6) is 0 Å². The fourth-order valence-corrected chi connectivity index (χ4v) is 3.92. The summed E-state index contributed by atoms with van der Waals surface area (Å²) in [7, 11) is 0. The molecule has 0 saturated carbocycles. The SMILES string of the molecule is CCn1c(SCc2ccccc2[N+](=O)[O-])nnc1[C@@H](C)NC(=O)c1ccccc1. The van der Waals surface area contributed by atoms with Crippen molar-refractivity contribution in [2.75, 3.05) is 0 Å². The first-order chi connectivity index (χ1) is 14.0. The number of nitrogens with one attached hydrogen (secondary N) is 1. The van der Waals surface area contributed by atoms with Gasteiger partial charge in [-0.25, -0.2) is 0 Å². The van der Waals surface area contributed by atoms with E-state index in [1.807, 2.05) is 36.6 Å². The first-order valence-electron chi connectivity index (χ1n) is 9.15. The van der Waals surface area contributed by atoms with Crippen LogP contribution < -0.4 is 5.32 Å². The number of thioether (sulfide) groups is 1. The van der Waals surface area contributed by atoms with Crippen LogP contribution in [0.3, 0.4) is 0 Å². The molecule has 1 aromatic heterocycles. The fourth-order valence-electron chi connectivity index (χ4n) is 2.91. The molecule has 0 aliphatic carbocycles. The molecule has 0 aliphatic heterocycles. The van der Waals surface area contributed by atoms with Crippen molar-refractivity contribution in [1.82, 2.24) is 20.1 Å². The predicted molar refractivity (Wildman–Crippen MR) is 111 cm³/mol. The van der Waals surface area contributed by atoms with E-state index >= 15 is 0 Å². The minimum atomic E-state index is -0.382. The maximum atomic E-state index is 12.4. The van der Waals surface area contributed by atoms with Gasteiger partial charge in [-0.2, -0.15) is 0 Å². The molecule has 1 N–H and O–H groups in total. The van der Waals surface area contributed by atoms with Gasteiger partial charge in [-0.05, 0) is 26.0 Å². The highest BCUT2D eigenvalue weighted by Gasteiger charge is 2.20. The van der Waals surface area contributed by atoms with Crippen molar-refractivity contribution >= 4 is 23.4 Å². The Morgan fingerprint density at radius 2 is 1.86 bits per heavy atom. The number of carbonyl (C=O) groups is 1. The van der Waals surface area contributed by atoms with Crippen LogP contribution in [0.25, 0.3) is 0 Å². The summed E-state index contributed by atoms with van der Waals surface area (Å²) < 4.78 is 1.91. The van der Waals surface area contributed by atoms with Gasteiger partial charge < -0.3 is 9.88 Å². The van der Waals surface area contributed by atoms with E-state index in [0.717, 1.165) is 0 Å². The summed E-state index contributed by atoms with van der Waals surface area (Å²) in [5, 5.41) is 23.3. The number of benzene rings is 2. The predicted octanol–water partition coefficient (Wildman–Crippen LogP) is 3.99. The van der Waals surface area contributed by atoms with Crippen LogP contribution in [0.15, 0.2) is 59.8 Å². The highest BCUT2D eigenvalue weighted by molar-refractivity contribution is 7.98. The smallest absolute Gasteiger partial charge is 0.273 e. The van der Waals surface area contributed by atoms with Crippen LogP contribution in [-0.2, 0) is 12.3 Å². The number of nitro groups is 1. The lowest BCUT2D eigenvalue weighted by atomic mass is 10.2. The van der Waals surface area contributed by atoms with Gasteiger partial charge in [0, 0.05) is 29.5 Å². The largest absolute Gasteiger partial charge is 0.342 e. The van der Waals surface area contributed by atoms with Crippen molar-refractivity contribution < 1.29 is 9.72 Å². The summed E-state index contributed by atoms with van der Waals surface area (Å²) in [6, 6.07) is 15.3. The molecule has 3 rings (SSSR count). The van der Waals surface area contributed by atoms with E-state index in [2.05, 4.69) is 15.5 Å². The van der Waals surface area contributed by atoms with Crippen molar-refractivity contribution in [2.45, 2.75) is 37.3 Å². The van der Waals surface area contributed by atoms with Gasteiger partial charge in [0.2, 0.25) is 0 Å². The van der Waals surface area contributed by atoms with Gasteiger partial charge in [0.05, 0.1) is 11.0 Å². The number of carbonyl (C=O) groups excluding carboxylic acids is 1. The van der Waals surface area contributed by atoms with E-state index < -0.39 is 0 Å². The van der Waals surface area contributed by atoms with Gasteiger partial charge in [0.15, 0.2) is 11.0 Å². The summed E-state index contributed by atoms with van der Waals surface area (Å²) >= 11 is 1.38. The van der Waals surface area contributed by atoms with Gasteiger partial charge >= 0.3 is 0 Å². The minimum Gasteiger partial charge on any atom is -0.342 e. The molecule has 9 heteroatoms. The van der Waals surface area contributed by atoms with Crippen LogP contribution in [0, 0.1) is 10.1 Å². The standard InChI is InChI=1S/C20H21N5O3S/c1-3-24-18(14(2)21-19(26)15-9-5-4-6-10-15)22-23-20(24)29-13-16-11-7-8-12-17(16)25(27)28/h4-12,14H,3,13H2,1-2H3,(H,21,26)/t14-/m1/s1. The third kappa shape index (κ3) is 4.80. The second-order valence-electron chi connectivity index (χ2n) is 6.32. The number of nitrogens with zero attached hydrogens (tertiary/aromatic N) is 4. The Balaban J connectivity index is 1.73. The second kappa shape index (κ2) is 9.33. The second-order valence-corrected chi connectivity index (χ2v) is 7.26. The Kier molecular flexibility index (Phi) is 6.61. The highest BCUT2D eigenvalue weighted by atomic mass is 32.2. The number of hydrogen-bond donors (Lipinski definition) is 1. The molecule has 0 saturated heterocycles. The summed E-state index contributed by atoms with van der Waals surface area (Å²) in [5.74, 6) is 0.861. The number of nitro benzene ring substituents is 1. The lowest BCUT2D eigenvalue weighted by molar-refractivity contribution is -0.385. The molecular formula is C20H21N5O3S. The molecule has 1 atom stereocenters. The average molecular weight is 411 g/mol. The van der Waals surface area contributed by atoms with Gasteiger partial charge in [-0.1, -0.05) is 48.2 Å². The van der Waals surface area contributed by atoms with E-state index in [9.17, 15) is 14.9 Å². The first-order valence-corrected chi connectivity index (χ1v) is 10.1. The molecule has 1 amide bonds. The average Bonchev–Trinajstić information content (AvgIpc) is 3.16. The molecular weight excluding hydrogens is 390 g/mol. The fraction of sp³-hybridized carbons (Fsp3) is 0.250. The van der Waals surface area contributed by atoms with Gasteiger partial charge in [-0.15, -0.1) is 10.2 Å². The Hall–Kier alpha value is -3.20. The van der Waals surface area contributed by atoms with Crippen molar-refractivity contribution in [3.63, 3.8) is 0 Å². The third-order valence-corrected chi connectivity index (χ3v) is 5.39. The summed E-state index contributed by atoms with van der Waals surface area (Å²) in [6.07, 6.45) is 0. The van der Waals surface area contributed by atoms with E-state index in [0.29, 0.717) is 34.4 Å². The number of hydrogen-bond acceptors (Lipinski definition) is 6. The van der Waals surface area contributed by atoms with E-state index in [-0.39, 0.29) is 22.6 Å². The molecule has 0 aliphatic rings. The van der Waals surface area contributed by atoms with E-state index in [1.54, 1.807) is 30.3 Å². The zero-order valence-electron chi connectivity index (χ0n) is 16.1. The molecule has 0 spiro atoms. The van der Waals surface area contributed by atoms with E-state index in [1.165, 1.54) is 17.8 Å². The molecule has 0 bridgehead atoms. The zero-order chi connectivity index (χ0) is 20.8. The number of aromatic nitrogens is 3.